The summed E-state index contributed by atoms with van der Waals surface area (Å²) in [4.78, 5) is 0. The number of benzene rings is 2. The van der Waals surface area contributed by atoms with Gasteiger partial charge in [0.1, 0.15) is 18.5 Å². The van der Waals surface area contributed by atoms with Gasteiger partial charge in [0.2, 0.25) is 0 Å². The zero-order valence-corrected chi connectivity index (χ0v) is 13.6. The van der Waals surface area contributed by atoms with Crippen LogP contribution in [-0.2, 0) is 6.42 Å². The normalized spacial score (nSPS) is 13.3. The Morgan fingerprint density at radius 3 is 2.57 bits per heavy atom. The molecule has 0 saturated carbocycles. The van der Waals surface area contributed by atoms with Crippen LogP contribution >= 0.6 is 0 Å². The van der Waals surface area contributed by atoms with E-state index in [4.69, 9.17) is 4.74 Å². The van der Waals surface area contributed by atoms with Gasteiger partial charge >= 0.3 is 0 Å². The zero-order chi connectivity index (χ0) is 16.5. The average molecular weight is 311 g/mol. The Morgan fingerprint density at radius 1 is 1.13 bits per heavy atom. The number of ether oxygens (including phenoxy) is 1. The first-order chi connectivity index (χ1) is 11.2. The summed E-state index contributed by atoms with van der Waals surface area (Å²) in [6, 6.07) is 18.2. The molecule has 0 spiro atoms. The van der Waals surface area contributed by atoms with Gasteiger partial charge in [-0.1, -0.05) is 54.6 Å². The molecule has 2 rings (SSSR count). The molecular weight excluding hydrogens is 286 g/mol. The number of aliphatic hydroxyl groups is 1. The topological polar surface area (TPSA) is 41.5 Å². The third-order valence-corrected chi connectivity index (χ3v) is 3.73. The van der Waals surface area contributed by atoms with Crippen molar-refractivity contribution in [3.63, 3.8) is 0 Å². The Balaban J connectivity index is 1.79. The maximum absolute atomic E-state index is 10.1. The van der Waals surface area contributed by atoms with E-state index < -0.39 is 6.10 Å². The van der Waals surface area contributed by atoms with Crippen LogP contribution in [0.5, 0.6) is 5.75 Å². The van der Waals surface area contributed by atoms with Gasteiger partial charge in [-0.05, 0) is 30.5 Å². The highest BCUT2D eigenvalue weighted by Crippen LogP contribution is 2.19. The largest absolute Gasteiger partial charge is 0.491 e. The lowest BCUT2D eigenvalue weighted by atomic mass is 10.1. The second-order valence-corrected chi connectivity index (χ2v) is 5.61. The summed E-state index contributed by atoms with van der Waals surface area (Å²) in [6.07, 6.45) is 2.05. The van der Waals surface area contributed by atoms with Crippen LogP contribution in [0.1, 0.15) is 24.1 Å². The molecule has 0 saturated heterocycles. The van der Waals surface area contributed by atoms with E-state index in [1.165, 1.54) is 5.56 Å². The lowest BCUT2D eigenvalue weighted by Crippen LogP contribution is -2.33. The van der Waals surface area contributed by atoms with Crippen molar-refractivity contribution in [1.82, 2.24) is 5.32 Å². The van der Waals surface area contributed by atoms with Crippen LogP contribution in [0.4, 0.5) is 0 Å². The molecule has 0 unspecified atom stereocenters. The number of nitrogens with one attached hydrogen (secondary N) is 1. The first kappa shape index (κ1) is 17.3. The first-order valence-electron chi connectivity index (χ1n) is 7.98. The van der Waals surface area contributed by atoms with E-state index in [1.54, 1.807) is 0 Å². The summed E-state index contributed by atoms with van der Waals surface area (Å²) in [5.41, 5.74) is 2.29. The molecule has 0 aliphatic carbocycles. The van der Waals surface area contributed by atoms with E-state index in [0.717, 1.165) is 17.7 Å². The standard InChI is InChI=1S/C20H25NO2/c1-3-9-18-12-7-8-13-20(18)23-15-19(22)14-21-16(2)17-10-5-4-6-11-17/h3-8,10-13,16,19,21-22H,1,9,14-15H2,2H3/t16-,19+/m0/s1. The van der Waals surface area contributed by atoms with Crippen molar-refractivity contribution >= 4 is 0 Å². The lowest BCUT2D eigenvalue weighted by Gasteiger charge is -2.18. The minimum atomic E-state index is -0.557. The van der Waals surface area contributed by atoms with Crippen LogP contribution < -0.4 is 10.1 Å². The summed E-state index contributed by atoms with van der Waals surface area (Å²) in [5.74, 6) is 0.808. The third-order valence-electron chi connectivity index (χ3n) is 3.73. The van der Waals surface area contributed by atoms with Crippen molar-refractivity contribution < 1.29 is 9.84 Å². The van der Waals surface area contributed by atoms with Gasteiger partial charge in [0.15, 0.2) is 0 Å². The van der Waals surface area contributed by atoms with Crippen molar-refractivity contribution in [2.75, 3.05) is 13.2 Å². The SMILES string of the molecule is C=CCc1ccccc1OC[C@H](O)CN[C@@H](C)c1ccccc1. The van der Waals surface area contributed by atoms with Crippen LogP contribution in [0.25, 0.3) is 0 Å². The van der Waals surface area contributed by atoms with Crippen LogP contribution in [0.2, 0.25) is 0 Å². The fraction of sp³-hybridized carbons (Fsp3) is 0.300. The maximum atomic E-state index is 10.1. The molecule has 3 nitrogen and oxygen atoms in total. The van der Waals surface area contributed by atoms with Crippen LogP contribution in [0.3, 0.4) is 0 Å². The zero-order valence-electron chi connectivity index (χ0n) is 13.6. The number of para-hydroxylation sites is 1. The molecule has 0 fully saturated rings. The Kier molecular flexibility index (Phi) is 6.85. The summed E-state index contributed by atoms with van der Waals surface area (Å²) in [5, 5.41) is 13.4. The van der Waals surface area contributed by atoms with Crippen LogP contribution in [0.15, 0.2) is 67.3 Å². The number of hydrogen-bond acceptors (Lipinski definition) is 3. The quantitative estimate of drug-likeness (QED) is 0.696. The van der Waals surface area contributed by atoms with Gasteiger partial charge in [-0.3, -0.25) is 0 Å². The molecule has 0 radical (unpaired) electrons. The molecule has 2 aromatic carbocycles. The van der Waals surface area contributed by atoms with Gasteiger partial charge in [0, 0.05) is 12.6 Å². The molecule has 2 aromatic rings. The third kappa shape index (κ3) is 5.55. The van der Waals surface area contributed by atoms with Gasteiger partial charge in [-0.15, -0.1) is 6.58 Å². The molecule has 0 bridgehead atoms. The molecule has 0 aliphatic rings. The lowest BCUT2D eigenvalue weighted by molar-refractivity contribution is 0.104. The molecule has 3 heteroatoms. The monoisotopic (exact) mass is 311 g/mol. The molecule has 0 aliphatic heterocycles. The molecule has 0 amide bonds. The second-order valence-electron chi connectivity index (χ2n) is 5.61. The highest BCUT2D eigenvalue weighted by Gasteiger charge is 2.10. The van der Waals surface area contributed by atoms with E-state index in [9.17, 15) is 5.11 Å². The smallest absolute Gasteiger partial charge is 0.122 e. The average Bonchev–Trinajstić information content (AvgIpc) is 2.60. The van der Waals surface area contributed by atoms with Crippen molar-refractivity contribution in [2.24, 2.45) is 0 Å². The number of allylic oxidation sites excluding steroid dienone is 1. The van der Waals surface area contributed by atoms with Crippen LogP contribution in [-0.4, -0.2) is 24.4 Å². The van der Waals surface area contributed by atoms with Gasteiger partial charge < -0.3 is 15.2 Å². The van der Waals surface area contributed by atoms with Crippen LogP contribution in [0, 0.1) is 0 Å². The molecular formula is C20H25NO2. The van der Waals surface area contributed by atoms with Crippen molar-refractivity contribution in [2.45, 2.75) is 25.5 Å². The molecule has 23 heavy (non-hydrogen) atoms. The molecule has 0 heterocycles. The Hall–Kier alpha value is -2.10. The van der Waals surface area contributed by atoms with E-state index in [0.29, 0.717) is 6.54 Å². The Labute approximate surface area is 138 Å². The van der Waals surface area contributed by atoms with Crippen molar-refractivity contribution in [3.05, 3.63) is 78.4 Å². The minimum absolute atomic E-state index is 0.193. The number of hydrogen-bond donors (Lipinski definition) is 2. The second kappa shape index (κ2) is 9.13. The molecule has 0 aromatic heterocycles. The number of rotatable bonds is 9. The number of aliphatic hydroxyl groups excluding tert-OH is 1. The summed E-state index contributed by atoms with van der Waals surface area (Å²) < 4.78 is 5.75. The molecule has 122 valence electrons. The van der Waals surface area contributed by atoms with E-state index in [-0.39, 0.29) is 12.6 Å². The molecule has 2 N–H and O–H groups in total. The van der Waals surface area contributed by atoms with Crippen molar-refractivity contribution in [1.29, 1.82) is 0 Å². The van der Waals surface area contributed by atoms with E-state index in [1.807, 2.05) is 48.5 Å². The van der Waals surface area contributed by atoms with Gasteiger partial charge in [-0.25, -0.2) is 0 Å². The maximum Gasteiger partial charge on any atom is 0.122 e. The fourth-order valence-corrected chi connectivity index (χ4v) is 2.39. The highest BCUT2D eigenvalue weighted by molar-refractivity contribution is 5.34. The van der Waals surface area contributed by atoms with E-state index in [2.05, 4.69) is 31.0 Å². The minimum Gasteiger partial charge on any atom is -0.491 e. The Bertz CT molecular complexity index is 598. The highest BCUT2D eigenvalue weighted by atomic mass is 16.5. The fourth-order valence-electron chi connectivity index (χ4n) is 2.39. The van der Waals surface area contributed by atoms with E-state index >= 15 is 0 Å². The van der Waals surface area contributed by atoms with Gasteiger partial charge in [-0.2, -0.15) is 0 Å². The van der Waals surface area contributed by atoms with Crippen molar-refractivity contribution in [3.8, 4) is 5.75 Å². The Morgan fingerprint density at radius 2 is 1.83 bits per heavy atom. The predicted molar refractivity (Wildman–Crippen MR) is 94.7 cm³/mol. The summed E-state index contributed by atoms with van der Waals surface area (Å²) >= 11 is 0. The summed E-state index contributed by atoms with van der Waals surface area (Å²) in [7, 11) is 0. The summed E-state index contributed by atoms with van der Waals surface area (Å²) in [6.45, 7) is 6.59. The van der Waals surface area contributed by atoms with Gasteiger partial charge in [0.05, 0.1) is 0 Å². The molecule has 2 atom stereocenters. The predicted octanol–water partition coefficient (Wildman–Crippen LogP) is 3.51. The van der Waals surface area contributed by atoms with Gasteiger partial charge in [0.25, 0.3) is 0 Å². The first-order valence-corrected chi connectivity index (χ1v) is 7.98.